The number of rotatable bonds is 4. The summed E-state index contributed by atoms with van der Waals surface area (Å²) in [5, 5.41) is 3.86. The van der Waals surface area contributed by atoms with Crippen molar-refractivity contribution in [3.05, 3.63) is 11.7 Å². The second kappa shape index (κ2) is 5.50. The second-order valence-electron chi connectivity index (χ2n) is 5.49. The van der Waals surface area contributed by atoms with Gasteiger partial charge in [-0.2, -0.15) is 4.98 Å². The molecule has 1 aliphatic carbocycles. The third-order valence-corrected chi connectivity index (χ3v) is 3.42. The molecule has 0 aliphatic heterocycles. The smallest absolute Gasteiger partial charge is 0.248 e. The van der Waals surface area contributed by atoms with Gasteiger partial charge in [-0.25, -0.2) is 8.78 Å². The molecule has 1 heterocycles. The highest BCUT2D eigenvalue weighted by Crippen LogP contribution is 2.40. The van der Waals surface area contributed by atoms with E-state index in [1.807, 2.05) is 19.0 Å². The number of alkyl halides is 2. The van der Waals surface area contributed by atoms with E-state index < -0.39 is 5.92 Å². The summed E-state index contributed by atoms with van der Waals surface area (Å²) in [5.41, 5.74) is 5.94. The van der Waals surface area contributed by atoms with Crippen molar-refractivity contribution in [2.75, 3.05) is 20.6 Å². The molecule has 1 atom stereocenters. The lowest BCUT2D eigenvalue weighted by Crippen LogP contribution is -2.27. The van der Waals surface area contributed by atoms with Gasteiger partial charge < -0.3 is 15.2 Å². The summed E-state index contributed by atoms with van der Waals surface area (Å²) in [5.74, 6) is -1.71. The van der Waals surface area contributed by atoms with Gasteiger partial charge in [0, 0.05) is 25.3 Å². The molecule has 1 aromatic rings. The molecule has 0 spiro atoms. The summed E-state index contributed by atoms with van der Waals surface area (Å²) >= 11 is 0. The first kappa shape index (κ1) is 14.3. The molecule has 1 unspecified atom stereocenters. The van der Waals surface area contributed by atoms with Gasteiger partial charge in [0.15, 0.2) is 5.82 Å². The van der Waals surface area contributed by atoms with Crippen LogP contribution in [0.2, 0.25) is 0 Å². The van der Waals surface area contributed by atoms with Gasteiger partial charge >= 0.3 is 0 Å². The highest BCUT2D eigenvalue weighted by Gasteiger charge is 2.37. The summed E-state index contributed by atoms with van der Waals surface area (Å²) in [4.78, 5) is 6.19. The van der Waals surface area contributed by atoms with Crippen molar-refractivity contribution >= 4 is 0 Å². The molecule has 0 bridgehead atoms. The van der Waals surface area contributed by atoms with Crippen LogP contribution in [0.25, 0.3) is 0 Å². The Morgan fingerprint density at radius 2 is 2.05 bits per heavy atom. The molecule has 1 fully saturated rings. The zero-order valence-corrected chi connectivity index (χ0v) is 11.3. The second-order valence-corrected chi connectivity index (χ2v) is 5.49. The summed E-state index contributed by atoms with van der Waals surface area (Å²) in [7, 11) is 3.81. The monoisotopic (exact) mass is 274 g/mol. The van der Waals surface area contributed by atoms with Crippen molar-refractivity contribution in [2.24, 2.45) is 5.73 Å². The van der Waals surface area contributed by atoms with E-state index in [1.54, 1.807) is 0 Å². The molecular weight excluding hydrogens is 254 g/mol. The van der Waals surface area contributed by atoms with Gasteiger partial charge in [0.05, 0.1) is 6.04 Å². The molecule has 2 N–H and O–H groups in total. The fourth-order valence-electron chi connectivity index (χ4n) is 2.33. The maximum absolute atomic E-state index is 13.1. The molecule has 0 radical (unpaired) electrons. The molecule has 0 amide bonds. The van der Waals surface area contributed by atoms with Crippen molar-refractivity contribution in [3.63, 3.8) is 0 Å². The fourth-order valence-corrected chi connectivity index (χ4v) is 2.33. The van der Waals surface area contributed by atoms with Crippen molar-refractivity contribution in [3.8, 4) is 0 Å². The Hall–Kier alpha value is -1.08. The van der Waals surface area contributed by atoms with Gasteiger partial charge in [-0.05, 0) is 26.9 Å². The fraction of sp³-hybridized carbons (Fsp3) is 0.833. The van der Waals surface area contributed by atoms with Gasteiger partial charge in [0.1, 0.15) is 0 Å². The Balaban J connectivity index is 1.98. The molecule has 19 heavy (non-hydrogen) atoms. The van der Waals surface area contributed by atoms with E-state index in [0.717, 1.165) is 0 Å². The van der Waals surface area contributed by atoms with Gasteiger partial charge in [0.25, 0.3) is 0 Å². The molecule has 108 valence electrons. The van der Waals surface area contributed by atoms with E-state index in [4.69, 9.17) is 10.3 Å². The van der Waals surface area contributed by atoms with Crippen molar-refractivity contribution in [2.45, 2.75) is 43.6 Å². The molecule has 0 aromatic carbocycles. The number of aromatic nitrogens is 2. The lowest BCUT2D eigenvalue weighted by molar-refractivity contribution is -0.0402. The third-order valence-electron chi connectivity index (χ3n) is 3.42. The van der Waals surface area contributed by atoms with Crippen LogP contribution < -0.4 is 5.73 Å². The Morgan fingerprint density at radius 3 is 2.63 bits per heavy atom. The minimum absolute atomic E-state index is 0.0626. The molecular formula is C12H20F2N4O. The van der Waals surface area contributed by atoms with Crippen LogP contribution in [-0.4, -0.2) is 41.6 Å². The Bertz CT molecular complexity index is 412. The molecule has 5 nitrogen and oxygen atoms in total. The predicted octanol–water partition coefficient (Wildman–Crippen LogP) is 1.92. The zero-order chi connectivity index (χ0) is 14.0. The number of nitrogens with zero attached hydrogens (tertiary/aromatic N) is 3. The summed E-state index contributed by atoms with van der Waals surface area (Å²) in [6.07, 6.45) is 0.549. The van der Waals surface area contributed by atoms with Gasteiger partial charge in [-0.15, -0.1) is 0 Å². The number of halogens is 2. The van der Waals surface area contributed by atoms with Crippen LogP contribution in [0.5, 0.6) is 0 Å². The molecule has 0 saturated heterocycles. The van der Waals surface area contributed by atoms with Crippen LogP contribution in [0.1, 0.15) is 49.4 Å². The van der Waals surface area contributed by atoms with Crippen LogP contribution in [0.3, 0.4) is 0 Å². The topological polar surface area (TPSA) is 68.2 Å². The highest BCUT2D eigenvalue weighted by atomic mass is 19.3. The van der Waals surface area contributed by atoms with E-state index >= 15 is 0 Å². The van der Waals surface area contributed by atoms with Crippen molar-refractivity contribution in [1.29, 1.82) is 0 Å². The Labute approximate surface area is 111 Å². The van der Waals surface area contributed by atoms with Crippen LogP contribution in [-0.2, 0) is 0 Å². The summed E-state index contributed by atoms with van der Waals surface area (Å²) in [6.45, 7) is 0.613. The molecule has 7 heteroatoms. The Kier molecular flexibility index (Phi) is 4.15. The van der Waals surface area contributed by atoms with E-state index in [2.05, 4.69) is 10.1 Å². The quantitative estimate of drug-likeness (QED) is 0.908. The molecule has 1 aliphatic rings. The third kappa shape index (κ3) is 3.70. The van der Waals surface area contributed by atoms with E-state index in [0.29, 0.717) is 31.1 Å². The Morgan fingerprint density at radius 1 is 1.42 bits per heavy atom. The van der Waals surface area contributed by atoms with Crippen LogP contribution in [0, 0.1) is 0 Å². The lowest BCUT2D eigenvalue weighted by Gasteiger charge is -2.25. The number of hydrogen-bond acceptors (Lipinski definition) is 5. The average molecular weight is 274 g/mol. The van der Waals surface area contributed by atoms with E-state index in [-0.39, 0.29) is 24.8 Å². The lowest BCUT2D eigenvalue weighted by atomic mass is 9.87. The molecule has 2 rings (SSSR count). The first-order valence-corrected chi connectivity index (χ1v) is 6.49. The number of likely N-dealkylation sites (N-methyl/N-ethyl adjacent to an activating group) is 1. The molecule has 1 aromatic heterocycles. The molecule has 1 saturated carbocycles. The predicted molar refractivity (Wildman–Crippen MR) is 65.9 cm³/mol. The first-order chi connectivity index (χ1) is 8.87. The maximum Gasteiger partial charge on any atom is 0.248 e. The number of hydrogen-bond donors (Lipinski definition) is 1. The SMILES string of the molecule is CN(C)CC(N)c1noc(C2CCC(F)(F)CC2)n1. The van der Waals surface area contributed by atoms with Crippen LogP contribution in [0.4, 0.5) is 8.78 Å². The standard InChI is InChI=1S/C12H20F2N4O/c1-18(2)7-9(15)10-16-11(19-17-10)8-3-5-12(13,14)6-4-8/h8-9H,3-7,15H2,1-2H3. The van der Waals surface area contributed by atoms with Crippen molar-refractivity contribution < 1.29 is 13.3 Å². The average Bonchev–Trinajstić information content (AvgIpc) is 2.77. The largest absolute Gasteiger partial charge is 0.339 e. The van der Waals surface area contributed by atoms with Crippen molar-refractivity contribution in [1.82, 2.24) is 15.0 Å². The summed E-state index contributed by atoms with van der Waals surface area (Å²) in [6, 6.07) is -0.322. The number of nitrogens with two attached hydrogens (primary N) is 1. The van der Waals surface area contributed by atoms with Gasteiger partial charge in [0.2, 0.25) is 11.8 Å². The van der Waals surface area contributed by atoms with E-state index in [1.165, 1.54) is 0 Å². The van der Waals surface area contributed by atoms with Gasteiger partial charge in [-0.3, -0.25) is 0 Å². The van der Waals surface area contributed by atoms with Crippen LogP contribution in [0.15, 0.2) is 4.52 Å². The van der Waals surface area contributed by atoms with Crippen LogP contribution >= 0.6 is 0 Å². The van der Waals surface area contributed by atoms with Gasteiger partial charge in [-0.1, -0.05) is 5.16 Å². The minimum atomic E-state index is -2.54. The maximum atomic E-state index is 13.1. The highest BCUT2D eigenvalue weighted by molar-refractivity contribution is 5.00. The normalized spacial score (nSPS) is 21.8. The first-order valence-electron chi connectivity index (χ1n) is 6.49. The minimum Gasteiger partial charge on any atom is -0.339 e. The zero-order valence-electron chi connectivity index (χ0n) is 11.3. The summed E-state index contributed by atoms with van der Waals surface area (Å²) < 4.78 is 31.3. The van der Waals surface area contributed by atoms with E-state index in [9.17, 15) is 8.78 Å².